The first kappa shape index (κ1) is 10.2. The maximum Gasteiger partial charge on any atom is 0.201 e. The molecule has 86 valence electrons. The summed E-state index contributed by atoms with van der Waals surface area (Å²) in [6, 6.07) is 7.74. The molecule has 2 heterocycles. The van der Waals surface area contributed by atoms with Crippen LogP contribution in [0.25, 0.3) is 22.2 Å². The van der Waals surface area contributed by atoms with E-state index in [1.807, 2.05) is 24.3 Å². The first-order valence-electron chi connectivity index (χ1n) is 5.13. The molecule has 0 bridgehead atoms. The quantitative estimate of drug-likeness (QED) is 0.719. The number of hydrogen-bond acceptors (Lipinski definition) is 3. The predicted octanol–water partition coefficient (Wildman–Crippen LogP) is 3.07. The number of nitrogens with two attached hydrogens (primary N) is 1. The molecule has 1 aromatic carbocycles. The molecule has 17 heavy (non-hydrogen) atoms. The molecule has 0 aliphatic rings. The number of nitrogen functional groups attached to an aromatic ring is 1. The van der Waals surface area contributed by atoms with Gasteiger partial charge in [-0.3, -0.25) is 0 Å². The molecule has 5 heteroatoms. The van der Waals surface area contributed by atoms with Crippen LogP contribution in [0, 0.1) is 0 Å². The van der Waals surface area contributed by atoms with Gasteiger partial charge >= 0.3 is 0 Å². The molecule has 0 radical (unpaired) electrons. The Balaban J connectivity index is 2.31. The zero-order valence-electron chi connectivity index (χ0n) is 9.14. The summed E-state index contributed by atoms with van der Waals surface area (Å²) < 4.78 is 7.10. The molecule has 3 aromatic rings. The van der Waals surface area contributed by atoms with Crippen LogP contribution >= 0.6 is 11.6 Å². The predicted molar refractivity (Wildman–Crippen MR) is 67.8 cm³/mol. The fraction of sp³-hybridized carbons (Fsp3) is 0.0833. The summed E-state index contributed by atoms with van der Waals surface area (Å²) in [6.07, 6.45) is 1.65. The fourth-order valence-electron chi connectivity index (χ4n) is 1.83. The number of benzene rings is 1. The largest absolute Gasteiger partial charge is 0.464 e. The Hall–Kier alpha value is -1.94. The lowest BCUT2D eigenvalue weighted by Crippen LogP contribution is -1.96. The number of fused-ring (bicyclic) bond motifs is 1. The van der Waals surface area contributed by atoms with Crippen molar-refractivity contribution in [3.8, 4) is 11.3 Å². The van der Waals surface area contributed by atoms with Crippen molar-refractivity contribution >= 4 is 28.5 Å². The van der Waals surface area contributed by atoms with Gasteiger partial charge in [0, 0.05) is 18.0 Å². The second-order valence-electron chi connectivity index (χ2n) is 3.81. The zero-order chi connectivity index (χ0) is 12.0. The van der Waals surface area contributed by atoms with E-state index in [2.05, 4.69) is 4.98 Å². The molecule has 3 rings (SSSR count). The molecule has 0 aliphatic heterocycles. The standard InChI is InChI=1S/C12H10ClN3O/c1-16-11(13)10(15-12(16)14)8-6-17-9-5-3-2-4-7(8)9/h2-6H,1H3,(H2,14,15). The third-order valence-corrected chi connectivity index (χ3v) is 3.23. The van der Waals surface area contributed by atoms with Crippen LogP contribution in [-0.2, 0) is 7.05 Å². The molecule has 0 aliphatic carbocycles. The number of imidazole rings is 1. The SMILES string of the molecule is Cn1c(N)nc(-c2coc3ccccc23)c1Cl. The molecule has 0 fully saturated rings. The molecule has 0 saturated heterocycles. The molecule has 0 spiro atoms. The molecule has 0 saturated carbocycles. The van der Waals surface area contributed by atoms with Gasteiger partial charge in [0.05, 0.1) is 0 Å². The van der Waals surface area contributed by atoms with Gasteiger partial charge in [-0.05, 0) is 6.07 Å². The van der Waals surface area contributed by atoms with Gasteiger partial charge in [-0.2, -0.15) is 0 Å². The Kier molecular flexibility index (Phi) is 2.12. The lowest BCUT2D eigenvalue weighted by molar-refractivity contribution is 0.617. The Morgan fingerprint density at radius 2 is 2.12 bits per heavy atom. The van der Waals surface area contributed by atoms with Crippen LogP contribution in [0.2, 0.25) is 5.15 Å². The second-order valence-corrected chi connectivity index (χ2v) is 4.17. The van der Waals surface area contributed by atoms with E-state index >= 15 is 0 Å². The van der Waals surface area contributed by atoms with Crippen molar-refractivity contribution in [2.75, 3.05) is 5.73 Å². The van der Waals surface area contributed by atoms with E-state index < -0.39 is 0 Å². The summed E-state index contributed by atoms with van der Waals surface area (Å²) in [4.78, 5) is 4.25. The molecule has 2 aromatic heterocycles. The molecule has 4 nitrogen and oxygen atoms in total. The summed E-state index contributed by atoms with van der Waals surface area (Å²) in [5.41, 5.74) is 8.05. The maximum absolute atomic E-state index is 6.18. The minimum atomic E-state index is 0.385. The molecular formula is C12H10ClN3O. The van der Waals surface area contributed by atoms with Crippen LogP contribution in [0.15, 0.2) is 34.9 Å². The van der Waals surface area contributed by atoms with Gasteiger partial charge in [-0.15, -0.1) is 0 Å². The number of furan rings is 1. The van der Waals surface area contributed by atoms with Crippen LogP contribution < -0.4 is 5.73 Å². The zero-order valence-corrected chi connectivity index (χ0v) is 9.90. The molecule has 2 N–H and O–H groups in total. The average molecular weight is 248 g/mol. The molecule has 0 unspecified atom stereocenters. The van der Waals surface area contributed by atoms with Crippen molar-refractivity contribution in [2.45, 2.75) is 0 Å². The van der Waals surface area contributed by atoms with Crippen molar-refractivity contribution in [3.05, 3.63) is 35.7 Å². The van der Waals surface area contributed by atoms with Gasteiger partial charge in [-0.1, -0.05) is 29.8 Å². The van der Waals surface area contributed by atoms with Crippen LogP contribution in [0.4, 0.5) is 5.95 Å². The summed E-state index contributed by atoms with van der Waals surface area (Å²) in [7, 11) is 1.77. The van der Waals surface area contributed by atoms with Gasteiger partial charge in [0.2, 0.25) is 5.95 Å². The maximum atomic E-state index is 6.18. The Morgan fingerprint density at radius 3 is 2.82 bits per heavy atom. The topological polar surface area (TPSA) is 57.0 Å². The Morgan fingerprint density at radius 1 is 1.35 bits per heavy atom. The molecule has 0 amide bonds. The van der Waals surface area contributed by atoms with E-state index in [-0.39, 0.29) is 0 Å². The highest BCUT2D eigenvalue weighted by atomic mass is 35.5. The van der Waals surface area contributed by atoms with E-state index in [1.165, 1.54) is 0 Å². The van der Waals surface area contributed by atoms with Gasteiger partial charge in [0.1, 0.15) is 22.7 Å². The third-order valence-electron chi connectivity index (χ3n) is 2.80. The molecule has 0 atom stereocenters. The number of rotatable bonds is 1. The van der Waals surface area contributed by atoms with E-state index in [9.17, 15) is 0 Å². The van der Waals surface area contributed by atoms with E-state index in [1.54, 1.807) is 17.9 Å². The third kappa shape index (κ3) is 1.41. The first-order chi connectivity index (χ1) is 8.18. The number of aromatic nitrogens is 2. The monoisotopic (exact) mass is 247 g/mol. The molecular weight excluding hydrogens is 238 g/mol. The fourth-order valence-corrected chi connectivity index (χ4v) is 2.06. The number of anilines is 1. The average Bonchev–Trinajstić information content (AvgIpc) is 2.86. The lowest BCUT2D eigenvalue weighted by atomic mass is 10.1. The van der Waals surface area contributed by atoms with Crippen LogP contribution in [0.5, 0.6) is 0 Å². The van der Waals surface area contributed by atoms with E-state index in [0.29, 0.717) is 16.8 Å². The highest BCUT2D eigenvalue weighted by Crippen LogP contribution is 2.34. The van der Waals surface area contributed by atoms with Gasteiger partial charge in [0.15, 0.2) is 0 Å². The van der Waals surface area contributed by atoms with Crippen molar-refractivity contribution in [3.63, 3.8) is 0 Å². The minimum absolute atomic E-state index is 0.385. The van der Waals surface area contributed by atoms with Crippen LogP contribution in [-0.4, -0.2) is 9.55 Å². The second kappa shape index (κ2) is 3.53. The number of halogens is 1. The van der Waals surface area contributed by atoms with Crippen LogP contribution in [0.3, 0.4) is 0 Å². The number of nitrogens with zero attached hydrogens (tertiary/aromatic N) is 2. The highest BCUT2D eigenvalue weighted by molar-refractivity contribution is 6.32. The van der Waals surface area contributed by atoms with E-state index in [4.69, 9.17) is 21.8 Å². The number of para-hydroxylation sites is 1. The van der Waals surface area contributed by atoms with E-state index in [0.717, 1.165) is 16.5 Å². The Bertz CT molecular complexity index is 699. The summed E-state index contributed by atoms with van der Waals surface area (Å²) >= 11 is 6.18. The van der Waals surface area contributed by atoms with Crippen molar-refractivity contribution < 1.29 is 4.42 Å². The van der Waals surface area contributed by atoms with Crippen molar-refractivity contribution in [1.82, 2.24) is 9.55 Å². The van der Waals surface area contributed by atoms with Gasteiger partial charge < -0.3 is 14.7 Å². The normalized spacial score (nSPS) is 11.2. The summed E-state index contributed by atoms with van der Waals surface area (Å²) in [5.74, 6) is 0.385. The number of hydrogen-bond donors (Lipinski definition) is 1. The van der Waals surface area contributed by atoms with Crippen molar-refractivity contribution in [2.24, 2.45) is 7.05 Å². The Labute approximate surface area is 103 Å². The summed E-state index contributed by atoms with van der Waals surface area (Å²) in [6.45, 7) is 0. The first-order valence-corrected chi connectivity index (χ1v) is 5.50. The van der Waals surface area contributed by atoms with Crippen molar-refractivity contribution in [1.29, 1.82) is 0 Å². The van der Waals surface area contributed by atoms with Gasteiger partial charge in [0.25, 0.3) is 0 Å². The van der Waals surface area contributed by atoms with Crippen LogP contribution in [0.1, 0.15) is 0 Å². The smallest absolute Gasteiger partial charge is 0.201 e. The highest BCUT2D eigenvalue weighted by Gasteiger charge is 2.16. The minimum Gasteiger partial charge on any atom is -0.464 e. The lowest BCUT2D eigenvalue weighted by Gasteiger charge is -1.95. The summed E-state index contributed by atoms with van der Waals surface area (Å²) in [5, 5.41) is 1.49. The van der Waals surface area contributed by atoms with Gasteiger partial charge in [-0.25, -0.2) is 4.98 Å².